The van der Waals surface area contributed by atoms with Gasteiger partial charge in [0.05, 0.1) is 13.2 Å². The van der Waals surface area contributed by atoms with Crippen LogP contribution < -0.4 is 10.1 Å². The second kappa shape index (κ2) is 10.3. The first-order valence-electron chi connectivity index (χ1n) is 11.5. The molecule has 1 fully saturated rings. The number of urea groups is 1. The highest BCUT2D eigenvalue weighted by Gasteiger charge is 2.38. The molecular weight excluding hydrogens is 442 g/mol. The zero-order valence-electron chi connectivity index (χ0n) is 20.0. The van der Waals surface area contributed by atoms with Crippen LogP contribution in [0.4, 0.5) is 4.79 Å². The van der Waals surface area contributed by atoms with Gasteiger partial charge in [0.15, 0.2) is 0 Å². The van der Waals surface area contributed by atoms with Crippen molar-refractivity contribution in [2.24, 2.45) is 11.8 Å². The molecule has 3 atom stereocenters. The van der Waals surface area contributed by atoms with Crippen LogP contribution in [0.25, 0.3) is 0 Å². The molecule has 1 aromatic rings. The van der Waals surface area contributed by atoms with Crippen LogP contribution in [0.1, 0.15) is 46.1 Å². The third-order valence-corrected chi connectivity index (χ3v) is 7.90. The minimum Gasteiger partial charge on any atom is -0.487 e. The molecule has 0 unspecified atom stereocenters. The molecule has 2 aliphatic rings. The minimum atomic E-state index is -3.90. The van der Waals surface area contributed by atoms with Gasteiger partial charge in [0, 0.05) is 43.1 Å². The lowest BCUT2D eigenvalue weighted by Gasteiger charge is -2.37. The summed E-state index contributed by atoms with van der Waals surface area (Å²) in [5.41, 5.74) is 0.690. The van der Waals surface area contributed by atoms with Gasteiger partial charge in [0.25, 0.3) is 0 Å². The first-order chi connectivity index (χ1) is 15.5. The van der Waals surface area contributed by atoms with Crippen LogP contribution in [0.2, 0.25) is 0 Å². The number of aliphatic hydroxyl groups is 1. The van der Waals surface area contributed by atoms with Gasteiger partial charge in [-0.25, -0.2) is 13.2 Å². The molecular formula is C24H35N3O5S. The van der Waals surface area contributed by atoms with E-state index in [9.17, 15) is 18.3 Å². The highest BCUT2D eigenvalue weighted by atomic mass is 32.2. The van der Waals surface area contributed by atoms with Crippen LogP contribution in [0.3, 0.4) is 0 Å². The van der Waals surface area contributed by atoms with Crippen molar-refractivity contribution in [1.82, 2.24) is 14.5 Å². The number of carbonyl (C=O) groups is 1. The maximum Gasteiger partial charge on any atom is 0.317 e. The van der Waals surface area contributed by atoms with Crippen molar-refractivity contribution in [3.63, 3.8) is 0 Å². The van der Waals surface area contributed by atoms with Crippen molar-refractivity contribution in [1.29, 1.82) is 0 Å². The van der Waals surface area contributed by atoms with E-state index >= 15 is 0 Å². The molecule has 1 saturated carbocycles. The Morgan fingerprint density at radius 1 is 1.33 bits per heavy atom. The number of carbonyl (C=O) groups excluding carboxylic acids is 1. The van der Waals surface area contributed by atoms with Gasteiger partial charge in [0.1, 0.15) is 16.7 Å². The van der Waals surface area contributed by atoms with Gasteiger partial charge in [-0.1, -0.05) is 18.8 Å². The number of benzene rings is 1. The number of nitrogens with one attached hydrogen (secondary N) is 1. The van der Waals surface area contributed by atoms with Gasteiger partial charge in [-0.05, 0) is 51.8 Å². The second-order valence-electron chi connectivity index (χ2n) is 9.43. The summed E-state index contributed by atoms with van der Waals surface area (Å²) >= 11 is 0. The molecule has 1 aromatic carbocycles. The predicted molar refractivity (Wildman–Crippen MR) is 126 cm³/mol. The van der Waals surface area contributed by atoms with Crippen molar-refractivity contribution in [2.75, 3.05) is 26.7 Å². The fourth-order valence-corrected chi connectivity index (χ4v) is 5.47. The molecule has 9 heteroatoms. The van der Waals surface area contributed by atoms with Crippen molar-refractivity contribution >= 4 is 16.1 Å². The summed E-state index contributed by atoms with van der Waals surface area (Å²) in [7, 11) is -2.21. The van der Waals surface area contributed by atoms with Crippen LogP contribution in [0.5, 0.6) is 5.75 Å². The first kappa shape index (κ1) is 25.3. The van der Waals surface area contributed by atoms with E-state index in [1.165, 1.54) is 10.4 Å². The normalized spacial score (nSPS) is 23.2. The van der Waals surface area contributed by atoms with Crippen molar-refractivity contribution in [3.8, 4) is 17.6 Å². The summed E-state index contributed by atoms with van der Waals surface area (Å²) in [6, 6.07) is 4.07. The molecule has 2 N–H and O–H groups in total. The lowest BCUT2D eigenvalue weighted by molar-refractivity contribution is 0.0809. The standard InChI is InChI=1S/C24H35N3O5S/c1-16(2)25-24(29)26(5)14-22-17(3)13-27(18(4)15-28)33(30,31)23-11-10-20(12-21(23)32-22)9-8-19-6-7-19/h10-12,16-19,22,28H,6-7,13-15H2,1-5H3,(H,25,29)/t17-,18+,22-/m1/s1. The summed E-state index contributed by atoms with van der Waals surface area (Å²) < 4.78 is 34.6. The Labute approximate surface area is 197 Å². The number of nitrogens with zero attached hydrogens (tertiary/aromatic N) is 2. The van der Waals surface area contributed by atoms with Gasteiger partial charge < -0.3 is 20.1 Å². The number of amides is 2. The van der Waals surface area contributed by atoms with E-state index in [2.05, 4.69) is 17.2 Å². The number of sulfonamides is 1. The fraction of sp³-hybridized carbons (Fsp3) is 0.625. The average Bonchev–Trinajstić information content (AvgIpc) is 3.58. The highest BCUT2D eigenvalue weighted by molar-refractivity contribution is 7.89. The van der Waals surface area contributed by atoms with Gasteiger partial charge in [0.2, 0.25) is 10.0 Å². The highest BCUT2D eigenvalue weighted by Crippen LogP contribution is 2.34. The number of rotatable bonds is 5. The minimum absolute atomic E-state index is 0.00464. The van der Waals surface area contributed by atoms with E-state index in [1.54, 1.807) is 31.0 Å². The van der Waals surface area contributed by atoms with Gasteiger partial charge in [-0.15, -0.1) is 0 Å². The van der Waals surface area contributed by atoms with Crippen LogP contribution in [-0.2, 0) is 10.0 Å². The van der Waals surface area contributed by atoms with Crippen molar-refractivity contribution < 1.29 is 23.1 Å². The Bertz CT molecular complexity index is 1030. The predicted octanol–water partition coefficient (Wildman–Crippen LogP) is 2.27. The van der Waals surface area contributed by atoms with Gasteiger partial charge in [-0.3, -0.25) is 0 Å². The Hall–Kier alpha value is -2.28. The molecule has 2 amide bonds. The van der Waals surface area contributed by atoms with E-state index in [0.717, 1.165) is 12.8 Å². The second-order valence-corrected chi connectivity index (χ2v) is 11.3. The molecule has 182 valence electrons. The number of hydrogen-bond donors (Lipinski definition) is 2. The Morgan fingerprint density at radius 2 is 2.03 bits per heavy atom. The zero-order chi connectivity index (χ0) is 24.3. The molecule has 0 radical (unpaired) electrons. The lowest BCUT2D eigenvalue weighted by Crippen LogP contribution is -2.51. The number of ether oxygens (including phenoxy) is 1. The SMILES string of the molecule is CC(C)NC(=O)N(C)C[C@H]1Oc2cc(C#CC3CC3)ccc2S(=O)(=O)N([C@@H](C)CO)C[C@H]1C. The summed E-state index contributed by atoms with van der Waals surface area (Å²) in [6.07, 6.45) is 1.74. The van der Waals surface area contributed by atoms with Crippen molar-refractivity contribution in [2.45, 2.75) is 63.6 Å². The van der Waals surface area contributed by atoms with Crippen LogP contribution in [-0.4, -0.2) is 73.7 Å². The van der Waals surface area contributed by atoms with Gasteiger partial charge >= 0.3 is 6.03 Å². The molecule has 0 saturated heterocycles. The molecule has 8 nitrogen and oxygen atoms in total. The summed E-state index contributed by atoms with van der Waals surface area (Å²) in [4.78, 5) is 14.1. The Kier molecular flexibility index (Phi) is 7.93. The van der Waals surface area contributed by atoms with E-state index in [-0.39, 0.29) is 48.3 Å². The number of likely N-dealkylation sites (N-methyl/N-ethyl adjacent to an activating group) is 1. The van der Waals surface area contributed by atoms with Crippen LogP contribution in [0, 0.1) is 23.7 Å². The molecule has 1 heterocycles. The van der Waals surface area contributed by atoms with E-state index in [4.69, 9.17) is 4.74 Å². The van der Waals surface area contributed by atoms with E-state index in [0.29, 0.717) is 11.5 Å². The molecule has 1 aliphatic carbocycles. The molecule has 0 bridgehead atoms. The maximum absolute atomic E-state index is 13.5. The zero-order valence-corrected chi connectivity index (χ0v) is 20.9. The Morgan fingerprint density at radius 3 is 2.64 bits per heavy atom. The Balaban J connectivity index is 1.99. The summed E-state index contributed by atoms with van der Waals surface area (Å²) in [6.45, 7) is 7.50. The molecule has 3 rings (SSSR count). The van der Waals surface area contributed by atoms with Crippen LogP contribution >= 0.6 is 0 Å². The molecule has 33 heavy (non-hydrogen) atoms. The summed E-state index contributed by atoms with van der Waals surface area (Å²) in [5.74, 6) is 6.71. The number of fused-ring (bicyclic) bond motifs is 1. The topological polar surface area (TPSA) is 99.2 Å². The molecule has 1 aliphatic heterocycles. The summed E-state index contributed by atoms with van der Waals surface area (Å²) in [5, 5.41) is 12.6. The van der Waals surface area contributed by atoms with Crippen LogP contribution in [0.15, 0.2) is 23.1 Å². The first-order valence-corrected chi connectivity index (χ1v) is 12.9. The van der Waals surface area contributed by atoms with E-state index in [1.807, 2.05) is 20.8 Å². The number of hydrogen-bond acceptors (Lipinski definition) is 5. The number of aliphatic hydroxyl groups excluding tert-OH is 1. The van der Waals surface area contributed by atoms with Gasteiger partial charge in [-0.2, -0.15) is 4.31 Å². The maximum atomic E-state index is 13.5. The fourth-order valence-electron chi connectivity index (χ4n) is 3.64. The monoisotopic (exact) mass is 477 g/mol. The quantitative estimate of drug-likeness (QED) is 0.634. The average molecular weight is 478 g/mol. The third kappa shape index (κ3) is 6.19. The molecule has 0 spiro atoms. The third-order valence-electron chi connectivity index (χ3n) is 5.88. The lowest BCUT2D eigenvalue weighted by atomic mass is 10.0. The van der Waals surface area contributed by atoms with Crippen molar-refractivity contribution in [3.05, 3.63) is 23.8 Å². The smallest absolute Gasteiger partial charge is 0.317 e. The molecule has 0 aromatic heterocycles. The van der Waals surface area contributed by atoms with E-state index < -0.39 is 22.2 Å². The largest absolute Gasteiger partial charge is 0.487 e.